The van der Waals surface area contributed by atoms with Crippen molar-refractivity contribution >= 4 is 35.1 Å². The summed E-state index contributed by atoms with van der Waals surface area (Å²) in [5.74, 6) is 0.884. The summed E-state index contributed by atoms with van der Waals surface area (Å²) in [7, 11) is 1.28. The van der Waals surface area contributed by atoms with E-state index in [0.717, 1.165) is 0 Å². The molecule has 13 heteroatoms. The minimum absolute atomic E-state index is 0.109. The fourth-order valence-corrected chi connectivity index (χ4v) is 6.11. The lowest BCUT2D eigenvalue weighted by atomic mass is 9.92. The van der Waals surface area contributed by atoms with Crippen molar-refractivity contribution in [3.63, 3.8) is 0 Å². The molecule has 2 saturated heterocycles. The Morgan fingerprint density at radius 2 is 2.10 bits per heavy atom. The highest BCUT2D eigenvalue weighted by Gasteiger charge is 2.44. The predicted molar refractivity (Wildman–Crippen MR) is 153 cm³/mol. The number of ether oxygens (including phenoxy) is 1. The number of carboxylic acids is 1. The SMILES string of the molecule is C#Cc1cc(F)ccc1[C@@H]1N=C(c2nccs2)NC(CN2CCN3C(=O)N(CC(C)(C)C(=O)O)C[C@@H]3C2)=C1C(=O)OC. The Balaban J connectivity index is 1.46. The van der Waals surface area contributed by atoms with E-state index in [1.807, 2.05) is 5.38 Å². The summed E-state index contributed by atoms with van der Waals surface area (Å²) in [6.07, 6.45) is 7.37. The van der Waals surface area contributed by atoms with Crippen LogP contribution in [-0.4, -0.2) is 101 Å². The number of carboxylic acid groups (broad SMARTS) is 1. The molecule has 1 aromatic carbocycles. The molecule has 2 aromatic rings. The van der Waals surface area contributed by atoms with Crippen molar-refractivity contribution in [2.75, 3.05) is 46.4 Å². The fourth-order valence-electron chi connectivity index (χ4n) is 5.52. The third-order valence-electron chi connectivity index (χ3n) is 7.69. The topological polar surface area (TPSA) is 128 Å². The molecule has 0 radical (unpaired) electrons. The summed E-state index contributed by atoms with van der Waals surface area (Å²) >= 11 is 1.37. The molecule has 42 heavy (non-hydrogen) atoms. The minimum Gasteiger partial charge on any atom is -0.481 e. The number of fused-ring (bicyclic) bond motifs is 1. The van der Waals surface area contributed by atoms with Gasteiger partial charge >= 0.3 is 18.0 Å². The average molecular weight is 595 g/mol. The number of aliphatic carboxylic acids is 1. The number of rotatable bonds is 8. The summed E-state index contributed by atoms with van der Waals surface area (Å²) in [5, 5.41) is 15.3. The zero-order valence-electron chi connectivity index (χ0n) is 23.5. The van der Waals surface area contributed by atoms with E-state index >= 15 is 0 Å². The summed E-state index contributed by atoms with van der Waals surface area (Å²) < 4.78 is 19.3. The Morgan fingerprint density at radius 3 is 2.76 bits per heavy atom. The van der Waals surface area contributed by atoms with Gasteiger partial charge in [0.1, 0.15) is 11.9 Å². The third-order valence-corrected chi connectivity index (χ3v) is 8.47. The normalized spacial score (nSPS) is 21.0. The van der Waals surface area contributed by atoms with Crippen LogP contribution in [0.1, 0.15) is 36.0 Å². The number of nitrogens with zero attached hydrogens (tertiary/aromatic N) is 5. The number of carbonyl (C=O) groups is 3. The highest BCUT2D eigenvalue weighted by atomic mass is 32.1. The van der Waals surface area contributed by atoms with Gasteiger partial charge in [-0.3, -0.25) is 14.7 Å². The molecule has 3 aliphatic rings. The van der Waals surface area contributed by atoms with Crippen molar-refractivity contribution in [3.05, 3.63) is 63.0 Å². The zero-order chi connectivity index (χ0) is 30.2. The number of amidine groups is 1. The summed E-state index contributed by atoms with van der Waals surface area (Å²) in [4.78, 5) is 52.7. The number of piperazine rings is 1. The van der Waals surface area contributed by atoms with Gasteiger partial charge in [0, 0.05) is 62.1 Å². The average Bonchev–Trinajstić information content (AvgIpc) is 3.60. The van der Waals surface area contributed by atoms with Crippen LogP contribution >= 0.6 is 11.3 Å². The van der Waals surface area contributed by atoms with Crippen molar-refractivity contribution in [1.29, 1.82) is 0 Å². The van der Waals surface area contributed by atoms with Crippen molar-refractivity contribution in [1.82, 2.24) is 25.0 Å². The van der Waals surface area contributed by atoms with E-state index in [0.29, 0.717) is 54.8 Å². The van der Waals surface area contributed by atoms with Crippen LogP contribution in [0.25, 0.3) is 0 Å². The number of methoxy groups -OCH3 is 1. The van der Waals surface area contributed by atoms with Crippen LogP contribution < -0.4 is 5.32 Å². The molecule has 0 saturated carbocycles. The van der Waals surface area contributed by atoms with Gasteiger partial charge in [-0.25, -0.2) is 19.0 Å². The number of esters is 1. The van der Waals surface area contributed by atoms with Gasteiger partial charge in [-0.05, 0) is 31.5 Å². The zero-order valence-corrected chi connectivity index (χ0v) is 24.3. The van der Waals surface area contributed by atoms with Crippen LogP contribution in [-0.2, 0) is 14.3 Å². The van der Waals surface area contributed by atoms with E-state index in [9.17, 15) is 23.9 Å². The van der Waals surface area contributed by atoms with Gasteiger partial charge in [0.25, 0.3) is 0 Å². The Labute approximate surface area is 246 Å². The second-order valence-corrected chi connectivity index (χ2v) is 11.9. The third kappa shape index (κ3) is 5.60. The van der Waals surface area contributed by atoms with E-state index in [2.05, 4.69) is 21.1 Å². The molecule has 2 fully saturated rings. The van der Waals surface area contributed by atoms with Gasteiger partial charge < -0.3 is 25.0 Å². The number of hydrogen-bond acceptors (Lipinski definition) is 9. The molecule has 1 aromatic heterocycles. The van der Waals surface area contributed by atoms with E-state index in [4.69, 9.17) is 16.2 Å². The van der Waals surface area contributed by atoms with Crippen LogP contribution in [0.4, 0.5) is 9.18 Å². The molecule has 2 atom stereocenters. The molecule has 0 unspecified atom stereocenters. The number of nitrogens with one attached hydrogen (secondary N) is 1. The first-order valence-electron chi connectivity index (χ1n) is 13.4. The van der Waals surface area contributed by atoms with Gasteiger partial charge in [-0.15, -0.1) is 17.8 Å². The number of carbonyl (C=O) groups excluding carboxylic acids is 2. The molecular formula is C29H31FN6O5S. The number of hydrogen-bond donors (Lipinski definition) is 2. The predicted octanol–water partition coefficient (Wildman–Crippen LogP) is 2.31. The fraction of sp³-hybridized carbons (Fsp3) is 0.414. The quantitative estimate of drug-likeness (QED) is 0.352. The van der Waals surface area contributed by atoms with Crippen LogP contribution in [0.15, 0.2) is 46.0 Å². The van der Waals surface area contributed by atoms with Gasteiger partial charge in [-0.1, -0.05) is 12.0 Å². The Kier molecular flexibility index (Phi) is 8.03. The van der Waals surface area contributed by atoms with Gasteiger partial charge in [0.05, 0.1) is 24.1 Å². The van der Waals surface area contributed by atoms with Gasteiger partial charge in [0.2, 0.25) is 0 Å². The van der Waals surface area contributed by atoms with Gasteiger partial charge in [-0.2, -0.15) is 0 Å². The lowest BCUT2D eigenvalue weighted by molar-refractivity contribution is -0.147. The maximum Gasteiger partial charge on any atom is 0.338 e. The lowest BCUT2D eigenvalue weighted by Gasteiger charge is -2.38. The molecule has 0 spiro atoms. The number of aromatic nitrogens is 1. The molecule has 0 aliphatic carbocycles. The molecule has 2 amide bonds. The van der Waals surface area contributed by atoms with Gasteiger partial charge in [0.15, 0.2) is 10.8 Å². The number of halogens is 1. The van der Waals surface area contributed by atoms with E-state index < -0.39 is 29.2 Å². The van der Waals surface area contributed by atoms with Crippen LogP contribution in [0, 0.1) is 23.6 Å². The maximum absolute atomic E-state index is 14.1. The Hall–Kier alpha value is -4.28. The van der Waals surface area contributed by atoms with E-state index in [1.165, 1.54) is 36.6 Å². The first-order valence-corrected chi connectivity index (χ1v) is 14.2. The van der Waals surface area contributed by atoms with Crippen LogP contribution in [0.2, 0.25) is 0 Å². The number of terminal acetylenes is 1. The number of thiazole rings is 1. The standard InChI is InChI=1S/C29H31FN6O5S/c1-5-17-12-18(30)6-7-20(17)23-22(26(37)41-4)21(32-24(33-23)25-31-8-11-42-25)15-34-9-10-36-19(13-34)14-35(28(36)40)16-29(2,3)27(38)39/h1,6-8,11-12,19,23H,9-10,13-16H2,2-4H3,(H,32,33)(H,38,39)/t19-,23-/m0/s1. The lowest BCUT2D eigenvalue weighted by Crippen LogP contribution is -2.53. The second kappa shape index (κ2) is 11.5. The highest BCUT2D eigenvalue weighted by molar-refractivity contribution is 7.11. The first-order chi connectivity index (χ1) is 20.0. The summed E-state index contributed by atoms with van der Waals surface area (Å²) in [6.45, 7) is 5.50. The first kappa shape index (κ1) is 29.2. The molecule has 4 heterocycles. The number of benzene rings is 1. The van der Waals surface area contributed by atoms with Crippen LogP contribution in [0.3, 0.4) is 0 Å². The molecule has 3 aliphatic heterocycles. The largest absolute Gasteiger partial charge is 0.481 e. The van der Waals surface area contributed by atoms with Crippen molar-refractivity contribution in [2.45, 2.75) is 25.9 Å². The summed E-state index contributed by atoms with van der Waals surface area (Å²) in [5.41, 5.74) is 0.466. The monoisotopic (exact) mass is 594 g/mol. The number of urea groups is 1. The summed E-state index contributed by atoms with van der Waals surface area (Å²) in [6, 6.07) is 2.85. The molecule has 11 nitrogen and oxygen atoms in total. The van der Waals surface area contributed by atoms with Crippen molar-refractivity contribution in [2.24, 2.45) is 10.4 Å². The van der Waals surface area contributed by atoms with E-state index in [-0.39, 0.29) is 29.8 Å². The molecule has 0 bridgehead atoms. The number of amides is 2. The highest BCUT2D eigenvalue weighted by Crippen LogP contribution is 2.35. The van der Waals surface area contributed by atoms with Crippen molar-refractivity contribution in [3.8, 4) is 12.3 Å². The molecule has 2 N–H and O–H groups in total. The molecule has 5 rings (SSSR count). The molecular weight excluding hydrogens is 563 g/mol. The van der Waals surface area contributed by atoms with Crippen molar-refractivity contribution < 1.29 is 28.6 Å². The second-order valence-electron chi connectivity index (χ2n) is 11.0. The Morgan fingerprint density at radius 1 is 1.31 bits per heavy atom. The number of aliphatic imine (C=N–C) groups is 1. The minimum atomic E-state index is -1.08. The van der Waals surface area contributed by atoms with E-state index in [1.54, 1.807) is 29.8 Å². The Bertz CT molecular complexity index is 1510. The maximum atomic E-state index is 14.1. The smallest absolute Gasteiger partial charge is 0.338 e. The van der Waals surface area contributed by atoms with Crippen LogP contribution in [0.5, 0.6) is 0 Å². The molecule has 220 valence electrons.